The number of hydrogen-bond donors (Lipinski definition) is 0. The topological polar surface area (TPSA) is 25.4 Å². The highest BCUT2D eigenvalue weighted by molar-refractivity contribution is 5.51. The van der Waals surface area contributed by atoms with Gasteiger partial charge in [0.05, 0.1) is 12.7 Å². The lowest BCUT2D eigenvalue weighted by Gasteiger charge is -2.22. The van der Waals surface area contributed by atoms with Crippen LogP contribution in [0.3, 0.4) is 0 Å². The first-order valence-electron chi connectivity index (χ1n) is 7.41. The number of methoxy groups -OCH3 is 1. The van der Waals surface area contributed by atoms with Gasteiger partial charge < -0.3 is 9.64 Å². The number of anilines is 1. The van der Waals surface area contributed by atoms with Crippen LogP contribution in [-0.2, 0) is 6.18 Å². The number of halogens is 3. The standard InChI is InChI=1S/C17H17F3N2O/c1-23-15-7-3-2-5-13(15)12-8-10-22(11-12)16-14(17(18,19)20)6-4-9-21-16/h2-7,9,12H,8,10-11H2,1H3. The van der Waals surface area contributed by atoms with Crippen molar-refractivity contribution < 1.29 is 17.9 Å². The molecular formula is C17H17F3N2O. The number of hydrogen-bond acceptors (Lipinski definition) is 3. The third kappa shape index (κ3) is 3.11. The lowest BCUT2D eigenvalue weighted by molar-refractivity contribution is -0.137. The van der Waals surface area contributed by atoms with Gasteiger partial charge in [0.1, 0.15) is 11.6 Å². The predicted molar refractivity (Wildman–Crippen MR) is 81.8 cm³/mol. The van der Waals surface area contributed by atoms with Gasteiger partial charge in [-0.15, -0.1) is 0 Å². The summed E-state index contributed by atoms with van der Waals surface area (Å²) in [7, 11) is 1.60. The first kappa shape index (κ1) is 15.6. The largest absolute Gasteiger partial charge is 0.496 e. The molecule has 0 amide bonds. The fourth-order valence-electron chi connectivity index (χ4n) is 3.08. The van der Waals surface area contributed by atoms with E-state index >= 15 is 0 Å². The van der Waals surface area contributed by atoms with Gasteiger partial charge in [-0.25, -0.2) is 4.98 Å². The highest BCUT2D eigenvalue weighted by atomic mass is 19.4. The van der Waals surface area contributed by atoms with Crippen LogP contribution in [-0.4, -0.2) is 25.2 Å². The number of nitrogens with zero attached hydrogens (tertiary/aromatic N) is 2. The van der Waals surface area contributed by atoms with Crippen molar-refractivity contribution in [2.24, 2.45) is 0 Å². The van der Waals surface area contributed by atoms with Crippen molar-refractivity contribution in [3.63, 3.8) is 0 Å². The normalized spacial score (nSPS) is 18.3. The molecule has 0 radical (unpaired) electrons. The van der Waals surface area contributed by atoms with E-state index in [9.17, 15) is 13.2 Å². The molecule has 122 valence electrons. The summed E-state index contributed by atoms with van der Waals surface area (Å²) in [5, 5.41) is 0. The molecular weight excluding hydrogens is 305 g/mol. The van der Waals surface area contributed by atoms with E-state index in [0.29, 0.717) is 13.1 Å². The SMILES string of the molecule is COc1ccccc1C1CCN(c2ncccc2C(F)(F)F)C1. The average molecular weight is 322 g/mol. The molecule has 1 aromatic carbocycles. The van der Waals surface area contributed by atoms with Crippen LogP contribution in [0.1, 0.15) is 23.5 Å². The maximum Gasteiger partial charge on any atom is 0.419 e. The van der Waals surface area contributed by atoms with Crippen molar-refractivity contribution in [1.29, 1.82) is 0 Å². The van der Waals surface area contributed by atoms with Gasteiger partial charge in [-0.3, -0.25) is 0 Å². The Bertz CT molecular complexity index is 688. The summed E-state index contributed by atoms with van der Waals surface area (Å²) in [6.07, 6.45) is -2.22. The second-order valence-corrected chi connectivity index (χ2v) is 5.55. The van der Waals surface area contributed by atoms with Crippen molar-refractivity contribution in [3.8, 4) is 5.75 Å². The van der Waals surface area contributed by atoms with Crippen molar-refractivity contribution in [1.82, 2.24) is 4.98 Å². The molecule has 1 aromatic heterocycles. The molecule has 0 spiro atoms. The quantitative estimate of drug-likeness (QED) is 0.850. The Labute approximate surface area is 132 Å². The number of para-hydroxylation sites is 1. The van der Waals surface area contributed by atoms with Gasteiger partial charge in [0.25, 0.3) is 0 Å². The van der Waals surface area contributed by atoms with Gasteiger partial charge in [-0.2, -0.15) is 13.2 Å². The minimum Gasteiger partial charge on any atom is -0.496 e. The summed E-state index contributed by atoms with van der Waals surface area (Å²) in [6.45, 7) is 1.04. The van der Waals surface area contributed by atoms with Gasteiger partial charge in [0.15, 0.2) is 0 Å². The van der Waals surface area contributed by atoms with Gasteiger partial charge in [-0.1, -0.05) is 18.2 Å². The number of aromatic nitrogens is 1. The maximum atomic E-state index is 13.2. The Morgan fingerprint density at radius 3 is 2.70 bits per heavy atom. The van der Waals surface area contributed by atoms with E-state index < -0.39 is 11.7 Å². The van der Waals surface area contributed by atoms with Crippen molar-refractivity contribution in [3.05, 3.63) is 53.7 Å². The minimum absolute atomic E-state index is 0.0115. The summed E-state index contributed by atoms with van der Waals surface area (Å²) in [4.78, 5) is 5.68. The summed E-state index contributed by atoms with van der Waals surface area (Å²) in [6, 6.07) is 10.0. The molecule has 1 unspecified atom stereocenters. The monoisotopic (exact) mass is 322 g/mol. The molecule has 3 nitrogen and oxygen atoms in total. The zero-order chi connectivity index (χ0) is 16.4. The van der Waals surface area contributed by atoms with Crippen LogP contribution >= 0.6 is 0 Å². The highest BCUT2D eigenvalue weighted by Crippen LogP contribution is 2.39. The van der Waals surface area contributed by atoms with Crippen LogP contribution in [0.25, 0.3) is 0 Å². The highest BCUT2D eigenvalue weighted by Gasteiger charge is 2.37. The van der Waals surface area contributed by atoms with Crippen LogP contribution in [0.15, 0.2) is 42.6 Å². The molecule has 2 heterocycles. The Balaban J connectivity index is 1.86. The first-order chi connectivity index (χ1) is 11.0. The first-order valence-corrected chi connectivity index (χ1v) is 7.41. The second kappa shape index (κ2) is 6.10. The Morgan fingerprint density at radius 1 is 1.17 bits per heavy atom. The molecule has 1 saturated heterocycles. The molecule has 1 atom stereocenters. The molecule has 0 aliphatic carbocycles. The number of alkyl halides is 3. The second-order valence-electron chi connectivity index (χ2n) is 5.55. The molecule has 1 aliphatic rings. The molecule has 0 saturated carbocycles. The van der Waals surface area contributed by atoms with E-state index in [1.54, 1.807) is 12.0 Å². The molecule has 1 fully saturated rings. The number of pyridine rings is 1. The van der Waals surface area contributed by atoms with E-state index in [2.05, 4.69) is 4.98 Å². The fraction of sp³-hybridized carbons (Fsp3) is 0.353. The number of rotatable bonds is 3. The van der Waals surface area contributed by atoms with Crippen molar-refractivity contribution >= 4 is 5.82 Å². The Morgan fingerprint density at radius 2 is 1.96 bits per heavy atom. The van der Waals surface area contributed by atoms with Crippen LogP contribution in [0.4, 0.5) is 19.0 Å². The zero-order valence-corrected chi connectivity index (χ0v) is 12.7. The fourth-order valence-corrected chi connectivity index (χ4v) is 3.08. The third-order valence-electron chi connectivity index (χ3n) is 4.16. The summed E-state index contributed by atoms with van der Waals surface area (Å²) in [5.41, 5.74) is 0.350. The summed E-state index contributed by atoms with van der Waals surface area (Å²) < 4.78 is 44.8. The van der Waals surface area contributed by atoms with E-state index in [1.807, 2.05) is 24.3 Å². The molecule has 2 aromatic rings. The zero-order valence-electron chi connectivity index (χ0n) is 12.7. The van der Waals surface area contributed by atoms with Gasteiger partial charge in [0, 0.05) is 25.2 Å². The van der Waals surface area contributed by atoms with Crippen LogP contribution in [0.2, 0.25) is 0 Å². The molecule has 6 heteroatoms. The lowest BCUT2D eigenvalue weighted by Crippen LogP contribution is -2.24. The summed E-state index contributed by atoms with van der Waals surface area (Å²) in [5.74, 6) is 0.919. The minimum atomic E-state index is -4.40. The van der Waals surface area contributed by atoms with E-state index in [1.165, 1.54) is 12.3 Å². The van der Waals surface area contributed by atoms with Crippen molar-refractivity contribution in [2.45, 2.75) is 18.5 Å². The van der Waals surface area contributed by atoms with Crippen LogP contribution in [0, 0.1) is 0 Å². The van der Waals surface area contributed by atoms with E-state index in [0.717, 1.165) is 23.8 Å². The Hall–Kier alpha value is -2.24. The maximum absolute atomic E-state index is 13.2. The summed E-state index contributed by atoms with van der Waals surface area (Å²) >= 11 is 0. The van der Waals surface area contributed by atoms with Gasteiger partial charge >= 0.3 is 6.18 Å². The number of ether oxygens (including phenoxy) is 1. The van der Waals surface area contributed by atoms with E-state index in [4.69, 9.17) is 4.74 Å². The van der Waals surface area contributed by atoms with Gasteiger partial charge in [0.2, 0.25) is 0 Å². The smallest absolute Gasteiger partial charge is 0.419 e. The molecule has 0 bridgehead atoms. The molecule has 0 N–H and O–H groups in total. The Kier molecular flexibility index (Phi) is 4.15. The number of benzene rings is 1. The van der Waals surface area contributed by atoms with Crippen molar-refractivity contribution in [2.75, 3.05) is 25.1 Å². The third-order valence-corrected chi connectivity index (χ3v) is 4.16. The average Bonchev–Trinajstić information content (AvgIpc) is 3.03. The molecule has 1 aliphatic heterocycles. The van der Waals surface area contributed by atoms with Crippen LogP contribution < -0.4 is 9.64 Å². The van der Waals surface area contributed by atoms with E-state index in [-0.39, 0.29) is 11.7 Å². The molecule has 23 heavy (non-hydrogen) atoms. The lowest BCUT2D eigenvalue weighted by atomic mass is 9.97. The predicted octanol–water partition coefficient (Wildman–Crippen LogP) is 4.10. The van der Waals surface area contributed by atoms with Gasteiger partial charge in [-0.05, 0) is 30.2 Å². The molecule has 3 rings (SSSR count). The van der Waals surface area contributed by atoms with Crippen LogP contribution in [0.5, 0.6) is 5.75 Å².